The van der Waals surface area contributed by atoms with Gasteiger partial charge in [-0.2, -0.15) is 0 Å². The fraction of sp³-hybridized carbons (Fsp3) is 0.462. The van der Waals surface area contributed by atoms with Gasteiger partial charge in [0, 0.05) is 6.54 Å². The lowest BCUT2D eigenvalue weighted by Crippen LogP contribution is -2.25. The number of amides is 1. The van der Waals surface area contributed by atoms with E-state index in [0.717, 1.165) is 37.0 Å². The molecular weight excluding hydrogens is 283 g/mol. The normalized spacial score (nSPS) is 15.1. The number of hydrogen-bond donors (Lipinski definition) is 2. The van der Waals surface area contributed by atoms with Crippen LogP contribution in [0.3, 0.4) is 0 Å². The largest absolute Gasteiger partial charge is 0.352 e. The van der Waals surface area contributed by atoms with Crippen LogP contribution in [0, 0.1) is 11.7 Å². The number of carbonyl (C=O) groups excluding carboxylic acids is 1. The molecule has 1 aliphatic rings. The van der Waals surface area contributed by atoms with E-state index in [1.54, 1.807) is 0 Å². The van der Waals surface area contributed by atoms with E-state index in [0.29, 0.717) is 6.54 Å². The predicted molar refractivity (Wildman–Crippen MR) is 72.1 cm³/mol. The molecule has 0 aromatic heterocycles. The second kappa shape index (κ2) is 5.88. The Labute approximate surface area is 117 Å². The van der Waals surface area contributed by atoms with Crippen molar-refractivity contribution < 1.29 is 17.6 Å². The Morgan fingerprint density at radius 1 is 1.40 bits per heavy atom. The van der Waals surface area contributed by atoms with Gasteiger partial charge < -0.3 is 5.32 Å². The fourth-order valence-corrected chi connectivity index (χ4v) is 2.48. The van der Waals surface area contributed by atoms with E-state index in [2.05, 4.69) is 5.32 Å². The average Bonchev–Trinajstić information content (AvgIpc) is 3.17. The third kappa shape index (κ3) is 4.01. The molecule has 110 valence electrons. The minimum atomic E-state index is -3.96. The first-order valence-electron chi connectivity index (χ1n) is 6.48. The maximum Gasteiger partial charge on any atom is 0.254 e. The van der Waals surface area contributed by atoms with E-state index in [9.17, 15) is 17.6 Å². The number of halogens is 1. The first-order chi connectivity index (χ1) is 9.38. The van der Waals surface area contributed by atoms with Gasteiger partial charge in [0.2, 0.25) is 10.0 Å². The summed E-state index contributed by atoms with van der Waals surface area (Å²) >= 11 is 0. The van der Waals surface area contributed by atoms with Crippen LogP contribution in [-0.2, 0) is 10.0 Å². The summed E-state index contributed by atoms with van der Waals surface area (Å²) in [7, 11) is -3.96. The molecular formula is C13H17FN2O3S. The zero-order valence-corrected chi connectivity index (χ0v) is 11.7. The SMILES string of the molecule is NS(=O)(=O)c1ccc(C(=O)NCCCC2CC2)c(F)c1. The predicted octanol–water partition coefficient (Wildman–Crippen LogP) is 1.39. The molecule has 0 saturated heterocycles. The van der Waals surface area contributed by atoms with Crippen molar-refractivity contribution >= 4 is 15.9 Å². The summed E-state index contributed by atoms with van der Waals surface area (Å²) in [6.07, 6.45) is 4.47. The number of primary sulfonamides is 1. The lowest BCUT2D eigenvalue weighted by Gasteiger charge is -2.07. The quantitative estimate of drug-likeness (QED) is 0.778. The van der Waals surface area contributed by atoms with Gasteiger partial charge in [0.15, 0.2) is 0 Å². The summed E-state index contributed by atoms with van der Waals surface area (Å²) < 4.78 is 35.8. The lowest BCUT2D eigenvalue weighted by molar-refractivity contribution is 0.0948. The standard InChI is InChI=1S/C13H17FN2O3S/c14-12-8-10(20(15,18)19)5-6-11(12)13(17)16-7-1-2-9-3-4-9/h5-6,8-9H,1-4,7H2,(H,16,17)(H2,15,18,19). The second-order valence-corrected chi connectivity index (χ2v) is 6.59. The van der Waals surface area contributed by atoms with Crippen molar-refractivity contribution in [3.63, 3.8) is 0 Å². The summed E-state index contributed by atoms with van der Waals surface area (Å²) in [4.78, 5) is 11.4. The summed E-state index contributed by atoms with van der Waals surface area (Å²) in [6, 6.07) is 3.01. The van der Waals surface area contributed by atoms with Crippen molar-refractivity contribution in [2.45, 2.75) is 30.6 Å². The van der Waals surface area contributed by atoms with Gasteiger partial charge >= 0.3 is 0 Å². The van der Waals surface area contributed by atoms with Gasteiger partial charge in [-0.25, -0.2) is 17.9 Å². The van der Waals surface area contributed by atoms with E-state index in [1.807, 2.05) is 0 Å². The van der Waals surface area contributed by atoms with Gasteiger partial charge in [-0.1, -0.05) is 12.8 Å². The Kier molecular flexibility index (Phi) is 4.39. The molecule has 0 unspecified atom stereocenters. The maximum atomic E-state index is 13.7. The molecule has 20 heavy (non-hydrogen) atoms. The van der Waals surface area contributed by atoms with Crippen LogP contribution in [0.25, 0.3) is 0 Å². The van der Waals surface area contributed by atoms with Gasteiger partial charge in [-0.05, 0) is 37.0 Å². The number of carbonyl (C=O) groups is 1. The van der Waals surface area contributed by atoms with Crippen molar-refractivity contribution in [3.05, 3.63) is 29.6 Å². The minimum absolute atomic E-state index is 0.177. The molecule has 0 bridgehead atoms. The number of benzene rings is 1. The summed E-state index contributed by atoms with van der Waals surface area (Å²) in [5.74, 6) is -0.645. The van der Waals surface area contributed by atoms with Crippen molar-refractivity contribution in [2.75, 3.05) is 6.54 Å². The highest BCUT2D eigenvalue weighted by molar-refractivity contribution is 7.89. The minimum Gasteiger partial charge on any atom is -0.352 e. The molecule has 3 N–H and O–H groups in total. The van der Waals surface area contributed by atoms with Gasteiger partial charge in [0.1, 0.15) is 5.82 Å². The van der Waals surface area contributed by atoms with Crippen LogP contribution in [0.1, 0.15) is 36.0 Å². The highest BCUT2D eigenvalue weighted by atomic mass is 32.2. The number of nitrogens with one attached hydrogen (secondary N) is 1. The van der Waals surface area contributed by atoms with E-state index in [1.165, 1.54) is 12.8 Å². The first kappa shape index (κ1) is 14.9. The van der Waals surface area contributed by atoms with E-state index < -0.39 is 21.7 Å². The van der Waals surface area contributed by atoms with Gasteiger partial charge in [-0.15, -0.1) is 0 Å². The molecule has 0 heterocycles. The monoisotopic (exact) mass is 300 g/mol. The molecule has 1 aliphatic carbocycles. The second-order valence-electron chi connectivity index (χ2n) is 5.03. The Balaban J connectivity index is 1.95. The summed E-state index contributed by atoms with van der Waals surface area (Å²) in [6.45, 7) is 0.492. The van der Waals surface area contributed by atoms with Crippen LogP contribution < -0.4 is 10.5 Å². The van der Waals surface area contributed by atoms with Crippen LogP contribution >= 0.6 is 0 Å². The zero-order valence-electron chi connectivity index (χ0n) is 10.9. The average molecular weight is 300 g/mol. The molecule has 2 rings (SSSR count). The van der Waals surface area contributed by atoms with Crippen LogP contribution in [0.4, 0.5) is 4.39 Å². The molecule has 1 fully saturated rings. The van der Waals surface area contributed by atoms with Crippen molar-refractivity contribution in [1.82, 2.24) is 5.32 Å². The van der Waals surface area contributed by atoms with E-state index in [4.69, 9.17) is 5.14 Å². The fourth-order valence-electron chi connectivity index (χ4n) is 1.95. The van der Waals surface area contributed by atoms with Crippen molar-refractivity contribution in [3.8, 4) is 0 Å². The van der Waals surface area contributed by atoms with Crippen molar-refractivity contribution in [1.29, 1.82) is 0 Å². The topological polar surface area (TPSA) is 89.3 Å². The van der Waals surface area contributed by atoms with Gasteiger partial charge in [0.05, 0.1) is 10.5 Å². The maximum absolute atomic E-state index is 13.7. The molecule has 1 saturated carbocycles. The highest BCUT2D eigenvalue weighted by Crippen LogP contribution is 2.33. The number of rotatable bonds is 6. The van der Waals surface area contributed by atoms with Crippen LogP contribution in [0.15, 0.2) is 23.1 Å². The van der Waals surface area contributed by atoms with Crippen molar-refractivity contribution in [2.24, 2.45) is 11.1 Å². The third-order valence-corrected chi connectivity index (χ3v) is 4.20. The highest BCUT2D eigenvalue weighted by Gasteiger charge is 2.20. The van der Waals surface area contributed by atoms with Crippen LogP contribution in [-0.4, -0.2) is 20.9 Å². The molecule has 7 heteroatoms. The molecule has 0 atom stereocenters. The molecule has 1 aromatic carbocycles. The van der Waals surface area contributed by atoms with Gasteiger partial charge in [0.25, 0.3) is 5.91 Å². The molecule has 1 aromatic rings. The number of hydrogen-bond acceptors (Lipinski definition) is 3. The Bertz CT molecular complexity index is 612. The van der Waals surface area contributed by atoms with Crippen LogP contribution in [0.2, 0.25) is 0 Å². The smallest absolute Gasteiger partial charge is 0.254 e. The number of nitrogens with two attached hydrogens (primary N) is 1. The van der Waals surface area contributed by atoms with E-state index in [-0.39, 0.29) is 10.5 Å². The number of sulfonamides is 1. The summed E-state index contributed by atoms with van der Waals surface area (Å²) in [5, 5.41) is 7.51. The zero-order chi connectivity index (χ0) is 14.8. The lowest BCUT2D eigenvalue weighted by atomic mass is 10.2. The molecule has 5 nitrogen and oxygen atoms in total. The van der Waals surface area contributed by atoms with Gasteiger partial charge in [-0.3, -0.25) is 4.79 Å². The molecule has 0 radical (unpaired) electrons. The third-order valence-electron chi connectivity index (χ3n) is 3.29. The molecule has 1 amide bonds. The summed E-state index contributed by atoms with van der Waals surface area (Å²) in [5.41, 5.74) is -0.177. The Morgan fingerprint density at radius 2 is 2.10 bits per heavy atom. The molecule has 0 spiro atoms. The molecule has 0 aliphatic heterocycles. The van der Waals surface area contributed by atoms with Crippen LogP contribution in [0.5, 0.6) is 0 Å². The Morgan fingerprint density at radius 3 is 2.65 bits per heavy atom. The Hall–Kier alpha value is -1.47. The first-order valence-corrected chi connectivity index (χ1v) is 8.03. The van der Waals surface area contributed by atoms with E-state index >= 15 is 0 Å².